The van der Waals surface area contributed by atoms with Crippen molar-refractivity contribution in [3.8, 4) is 0 Å². The fourth-order valence-electron chi connectivity index (χ4n) is 3.07. The first-order valence-corrected chi connectivity index (χ1v) is 8.24. The molecule has 0 saturated heterocycles. The zero-order chi connectivity index (χ0) is 17.1. The standard InChI is InChI=1S/C18H22N4O2/c1-3-9-22(12-16-19-8-10-21(16)2)17(23)11-15-13-6-4-5-7-14(13)18(24)20-15/h4-8,10,15H,3,9,11-12H2,1-2H3,(H,20,24). The monoisotopic (exact) mass is 326 g/mol. The molecule has 1 aromatic heterocycles. The first-order chi connectivity index (χ1) is 11.6. The minimum absolute atomic E-state index is 0.0295. The summed E-state index contributed by atoms with van der Waals surface area (Å²) in [4.78, 5) is 30.9. The normalized spacial score (nSPS) is 15.9. The molecule has 0 radical (unpaired) electrons. The Labute approximate surface area is 141 Å². The summed E-state index contributed by atoms with van der Waals surface area (Å²) in [5.41, 5.74) is 1.57. The van der Waals surface area contributed by atoms with Gasteiger partial charge in [-0.25, -0.2) is 4.98 Å². The van der Waals surface area contributed by atoms with Crippen LogP contribution in [-0.4, -0.2) is 32.8 Å². The average Bonchev–Trinajstić information content (AvgIpc) is 3.11. The average molecular weight is 326 g/mol. The van der Waals surface area contributed by atoms with E-state index in [0.717, 1.165) is 17.8 Å². The Hall–Kier alpha value is -2.63. The molecule has 0 bridgehead atoms. The third-order valence-electron chi connectivity index (χ3n) is 4.36. The van der Waals surface area contributed by atoms with Crippen molar-refractivity contribution < 1.29 is 9.59 Å². The Morgan fingerprint density at radius 1 is 1.38 bits per heavy atom. The van der Waals surface area contributed by atoms with Gasteiger partial charge in [0.25, 0.3) is 5.91 Å². The number of carbonyl (C=O) groups is 2. The molecular weight excluding hydrogens is 304 g/mol. The Morgan fingerprint density at radius 3 is 2.88 bits per heavy atom. The third kappa shape index (κ3) is 3.18. The summed E-state index contributed by atoms with van der Waals surface area (Å²) >= 11 is 0. The van der Waals surface area contributed by atoms with Crippen molar-refractivity contribution in [2.24, 2.45) is 7.05 Å². The molecule has 0 aliphatic carbocycles. The summed E-state index contributed by atoms with van der Waals surface area (Å²) < 4.78 is 1.92. The largest absolute Gasteiger partial charge is 0.345 e. The van der Waals surface area contributed by atoms with Gasteiger partial charge in [0.15, 0.2) is 0 Å². The molecular formula is C18H22N4O2. The van der Waals surface area contributed by atoms with E-state index in [2.05, 4.69) is 10.3 Å². The lowest BCUT2D eigenvalue weighted by atomic mass is 10.0. The maximum atomic E-state index is 12.8. The molecule has 1 aliphatic heterocycles. The predicted molar refractivity (Wildman–Crippen MR) is 90.2 cm³/mol. The lowest BCUT2D eigenvalue weighted by molar-refractivity contribution is -0.132. The summed E-state index contributed by atoms with van der Waals surface area (Å²) in [5.74, 6) is 0.782. The van der Waals surface area contributed by atoms with Gasteiger partial charge in [-0.3, -0.25) is 9.59 Å². The molecule has 3 rings (SSSR count). The van der Waals surface area contributed by atoms with E-state index < -0.39 is 0 Å². The highest BCUT2D eigenvalue weighted by Crippen LogP contribution is 2.28. The predicted octanol–water partition coefficient (Wildman–Crippen LogP) is 2.03. The smallest absolute Gasteiger partial charge is 0.252 e. The summed E-state index contributed by atoms with van der Waals surface area (Å²) in [7, 11) is 1.92. The van der Waals surface area contributed by atoms with Crippen LogP contribution in [0.2, 0.25) is 0 Å². The highest BCUT2D eigenvalue weighted by atomic mass is 16.2. The van der Waals surface area contributed by atoms with E-state index in [0.29, 0.717) is 18.7 Å². The van der Waals surface area contributed by atoms with E-state index in [9.17, 15) is 9.59 Å². The van der Waals surface area contributed by atoms with Crippen molar-refractivity contribution in [3.63, 3.8) is 0 Å². The highest BCUT2D eigenvalue weighted by Gasteiger charge is 2.31. The van der Waals surface area contributed by atoms with E-state index >= 15 is 0 Å². The number of carbonyl (C=O) groups excluding carboxylic acids is 2. The molecule has 1 unspecified atom stereocenters. The lowest BCUT2D eigenvalue weighted by Gasteiger charge is -2.23. The van der Waals surface area contributed by atoms with Gasteiger partial charge >= 0.3 is 0 Å². The fraction of sp³-hybridized carbons (Fsp3) is 0.389. The van der Waals surface area contributed by atoms with Crippen molar-refractivity contribution in [2.45, 2.75) is 32.4 Å². The Morgan fingerprint density at radius 2 is 2.17 bits per heavy atom. The fourth-order valence-corrected chi connectivity index (χ4v) is 3.07. The van der Waals surface area contributed by atoms with Crippen molar-refractivity contribution in [1.82, 2.24) is 19.8 Å². The van der Waals surface area contributed by atoms with Gasteiger partial charge in [0, 0.05) is 31.5 Å². The number of benzene rings is 1. The maximum Gasteiger partial charge on any atom is 0.252 e. The minimum Gasteiger partial charge on any atom is -0.345 e. The molecule has 0 saturated carbocycles. The molecule has 0 fully saturated rings. The molecule has 24 heavy (non-hydrogen) atoms. The van der Waals surface area contributed by atoms with Crippen LogP contribution in [0.5, 0.6) is 0 Å². The number of hydrogen-bond acceptors (Lipinski definition) is 3. The number of aryl methyl sites for hydroxylation is 1. The van der Waals surface area contributed by atoms with Crippen LogP contribution < -0.4 is 5.32 Å². The Balaban J connectivity index is 1.72. The second kappa shape index (κ2) is 6.86. The number of fused-ring (bicyclic) bond motifs is 1. The molecule has 0 spiro atoms. The molecule has 126 valence electrons. The molecule has 1 aromatic carbocycles. The molecule has 1 atom stereocenters. The number of nitrogens with one attached hydrogen (secondary N) is 1. The number of aromatic nitrogens is 2. The minimum atomic E-state index is -0.248. The van der Waals surface area contributed by atoms with Gasteiger partial charge in [0.05, 0.1) is 19.0 Å². The van der Waals surface area contributed by atoms with Gasteiger partial charge in [-0.1, -0.05) is 25.1 Å². The van der Waals surface area contributed by atoms with E-state index in [4.69, 9.17) is 0 Å². The highest BCUT2D eigenvalue weighted by molar-refractivity contribution is 5.99. The van der Waals surface area contributed by atoms with Crippen LogP contribution in [0.25, 0.3) is 0 Å². The van der Waals surface area contributed by atoms with Gasteiger partial charge in [-0.05, 0) is 18.1 Å². The van der Waals surface area contributed by atoms with Crippen LogP contribution >= 0.6 is 0 Å². The SMILES string of the molecule is CCCN(Cc1nccn1C)C(=O)CC1NC(=O)c2ccccc21. The van der Waals surface area contributed by atoms with E-state index in [-0.39, 0.29) is 24.3 Å². The molecule has 1 N–H and O–H groups in total. The Kier molecular flexibility index (Phi) is 4.64. The molecule has 2 aromatic rings. The van der Waals surface area contributed by atoms with Gasteiger partial charge in [0.1, 0.15) is 5.82 Å². The number of nitrogens with zero attached hydrogens (tertiary/aromatic N) is 3. The molecule has 2 heterocycles. The number of rotatable bonds is 6. The zero-order valence-electron chi connectivity index (χ0n) is 14.0. The second-order valence-corrected chi connectivity index (χ2v) is 6.09. The van der Waals surface area contributed by atoms with Gasteiger partial charge in [0.2, 0.25) is 5.91 Å². The molecule has 2 amide bonds. The van der Waals surface area contributed by atoms with Crippen LogP contribution in [0, 0.1) is 0 Å². The molecule has 6 heteroatoms. The van der Waals surface area contributed by atoms with E-state index in [1.54, 1.807) is 12.3 Å². The second-order valence-electron chi connectivity index (χ2n) is 6.09. The first-order valence-electron chi connectivity index (χ1n) is 8.24. The van der Waals surface area contributed by atoms with Crippen LogP contribution in [0.15, 0.2) is 36.7 Å². The van der Waals surface area contributed by atoms with Gasteiger partial charge in [-0.15, -0.1) is 0 Å². The van der Waals surface area contributed by atoms with E-state index in [1.165, 1.54) is 0 Å². The molecule has 6 nitrogen and oxygen atoms in total. The summed E-state index contributed by atoms with van der Waals surface area (Å²) in [6, 6.07) is 7.20. The van der Waals surface area contributed by atoms with Crippen LogP contribution in [0.4, 0.5) is 0 Å². The number of imidazole rings is 1. The van der Waals surface area contributed by atoms with E-state index in [1.807, 2.05) is 47.8 Å². The van der Waals surface area contributed by atoms with Crippen molar-refractivity contribution in [2.75, 3.05) is 6.54 Å². The first kappa shape index (κ1) is 16.2. The van der Waals surface area contributed by atoms with Crippen LogP contribution in [-0.2, 0) is 18.4 Å². The third-order valence-corrected chi connectivity index (χ3v) is 4.36. The van der Waals surface area contributed by atoms with Gasteiger partial charge < -0.3 is 14.8 Å². The number of hydrogen-bond donors (Lipinski definition) is 1. The maximum absolute atomic E-state index is 12.8. The number of amides is 2. The van der Waals surface area contributed by atoms with Crippen molar-refractivity contribution >= 4 is 11.8 Å². The quantitative estimate of drug-likeness (QED) is 0.883. The summed E-state index contributed by atoms with van der Waals surface area (Å²) in [6.45, 7) is 3.21. The molecule has 1 aliphatic rings. The Bertz CT molecular complexity index is 753. The summed E-state index contributed by atoms with van der Waals surface area (Å²) in [6.07, 6.45) is 4.76. The van der Waals surface area contributed by atoms with Crippen molar-refractivity contribution in [1.29, 1.82) is 0 Å². The van der Waals surface area contributed by atoms with Crippen molar-refractivity contribution in [3.05, 3.63) is 53.6 Å². The summed E-state index contributed by atoms with van der Waals surface area (Å²) in [5, 5.41) is 2.91. The van der Waals surface area contributed by atoms with Gasteiger partial charge in [-0.2, -0.15) is 0 Å². The topological polar surface area (TPSA) is 67.2 Å². The lowest BCUT2D eigenvalue weighted by Crippen LogP contribution is -2.34. The van der Waals surface area contributed by atoms with Crippen LogP contribution in [0.1, 0.15) is 47.6 Å². The van der Waals surface area contributed by atoms with Crippen LogP contribution in [0.3, 0.4) is 0 Å². The zero-order valence-corrected chi connectivity index (χ0v) is 14.0.